The molecule has 1 aromatic rings. The zero-order valence-corrected chi connectivity index (χ0v) is 16.3. The molecule has 0 spiro atoms. The van der Waals surface area contributed by atoms with E-state index in [1.807, 2.05) is 30.9 Å². The smallest absolute Gasteiger partial charge is 0.251 e. The number of carbonyl (C=O) groups is 2. The van der Waals surface area contributed by atoms with E-state index < -0.39 is 0 Å². The lowest BCUT2D eigenvalue weighted by Crippen LogP contribution is -2.45. The van der Waals surface area contributed by atoms with Gasteiger partial charge in [0, 0.05) is 37.2 Å². The van der Waals surface area contributed by atoms with Crippen LogP contribution in [0.1, 0.15) is 49.9 Å². The second-order valence-corrected chi connectivity index (χ2v) is 7.76. The number of likely N-dealkylation sites (tertiary alicyclic amines) is 1. The van der Waals surface area contributed by atoms with Crippen LogP contribution in [0.5, 0.6) is 5.75 Å². The molecule has 0 aromatic heterocycles. The molecule has 2 fully saturated rings. The predicted molar refractivity (Wildman–Crippen MR) is 103 cm³/mol. The van der Waals surface area contributed by atoms with E-state index in [1.54, 1.807) is 12.1 Å². The number of nitrogens with zero attached hydrogens (tertiary/aromatic N) is 1. The van der Waals surface area contributed by atoms with Gasteiger partial charge in [0.1, 0.15) is 11.9 Å². The highest BCUT2D eigenvalue weighted by Crippen LogP contribution is 2.22. The third-order valence-corrected chi connectivity index (χ3v) is 5.06. The van der Waals surface area contributed by atoms with Crippen molar-refractivity contribution >= 4 is 11.8 Å². The fourth-order valence-electron chi connectivity index (χ4n) is 3.64. The number of amides is 2. The Hall–Kier alpha value is -2.08. The van der Waals surface area contributed by atoms with Crippen molar-refractivity contribution in [3.8, 4) is 5.75 Å². The molecule has 27 heavy (non-hydrogen) atoms. The highest BCUT2D eigenvalue weighted by Gasteiger charge is 2.31. The molecule has 2 saturated heterocycles. The van der Waals surface area contributed by atoms with Crippen LogP contribution in [-0.2, 0) is 9.53 Å². The molecule has 6 heteroatoms. The highest BCUT2D eigenvalue weighted by molar-refractivity contribution is 5.94. The number of nitrogens with one attached hydrogen (secondary N) is 1. The normalized spacial score (nSPS) is 22.7. The minimum Gasteiger partial charge on any atom is -0.493 e. The average Bonchev–Trinajstić information content (AvgIpc) is 3.20. The number of hydrogen-bond acceptors (Lipinski definition) is 4. The summed E-state index contributed by atoms with van der Waals surface area (Å²) in [5.74, 6) is 1.14. The lowest BCUT2D eigenvalue weighted by atomic mass is 9.98. The van der Waals surface area contributed by atoms with Gasteiger partial charge in [-0.25, -0.2) is 0 Å². The van der Waals surface area contributed by atoms with Crippen LogP contribution >= 0.6 is 0 Å². The molecule has 148 valence electrons. The van der Waals surface area contributed by atoms with Gasteiger partial charge in [0.05, 0.1) is 6.61 Å². The molecule has 2 atom stereocenters. The van der Waals surface area contributed by atoms with Gasteiger partial charge in [-0.3, -0.25) is 9.59 Å². The minimum atomic E-state index is -0.241. The van der Waals surface area contributed by atoms with E-state index in [0.29, 0.717) is 24.7 Å². The third-order valence-electron chi connectivity index (χ3n) is 5.06. The lowest BCUT2D eigenvalue weighted by molar-refractivity contribution is -0.143. The molecule has 0 radical (unpaired) electrons. The summed E-state index contributed by atoms with van der Waals surface area (Å²) >= 11 is 0. The Morgan fingerprint density at radius 1 is 1.22 bits per heavy atom. The summed E-state index contributed by atoms with van der Waals surface area (Å²) in [5.41, 5.74) is 0.627. The van der Waals surface area contributed by atoms with Gasteiger partial charge in [-0.15, -0.1) is 0 Å². The Balaban J connectivity index is 1.47. The molecule has 0 saturated carbocycles. The summed E-state index contributed by atoms with van der Waals surface area (Å²) in [6.45, 7) is 6.69. The molecule has 1 N–H and O–H groups in total. The highest BCUT2D eigenvalue weighted by atomic mass is 16.5. The third kappa shape index (κ3) is 5.45. The van der Waals surface area contributed by atoms with Crippen molar-refractivity contribution < 1.29 is 19.1 Å². The van der Waals surface area contributed by atoms with Crippen molar-refractivity contribution in [2.24, 2.45) is 5.92 Å². The second-order valence-electron chi connectivity index (χ2n) is 7.76. The first-order valence-corrected chi connectivity index (χ1v) is 9.97. The van der Waals surface area contributed by atoms with Crippen LogP contribution in [0.25, 0.3) is 0 Å². The lowest BCUT2D eigenvalue weighted by Gasteiger charge is -2.34. The van der Waals surface area contributed by atoms with Crippen molar-refractivity contribution in [3.05, 3.63) is 29.8 Å². The van der Waals surface area contributed by atoms with E-state index in [0.717, 1.165) is 44.5 Å². The van der Waals surface area contributed by atoms with Gasteiger partial charge in [-0.05, 0) is 63.8 Å². The molecule has 0 bridgehead atoms. The topological polar surface area (TPSA) is 67.9 Å². The minimum absolute atomic E-state index is 0.0767. The van der Waals surface area contributed by atoms with Crippen LogP contribution in [0.15, 0.2) is 24.3 Å². The molecule has 1 aromatic carbocycles. The Morgan fingerprint density at radius 2 is 2.00 bits per heavy atom. The Labute approximate surface area is 161 Å². The van der Waals surface area contributed by atoms with E-state index in [9.17, 15) is 9.59 Å². The number of hydrogen-bond donors (Lipinski definition) is 1. The molecule has 2 aliphatic heterocycles. The maximum absolute atomic E-state index is 12.5. The van der Waals surface area contributed by atoms with Gasteiger partial charge in [0.2, 0.25) is 0 Å². The van der Waals surface area contributed by atoms with Gasteiger partial charge >= 0.3 is 0 Å². The van der Waals surface area contributed by atoms with Crippen molar-refractivity contribution in [1.82, 2.24) is 10.2 Å². The summed E-state index contributed by atoms with van der Waals surface area (Å²) in [6, 6.07) is 7.32. The van der Waals surface area contributed by atoms with Gasteiger partial charge < -0.3 is 19.7 Å². The SMILES string of the molecule is CC(C)NC(=O)c1ccc(OC[C@H]2CCCN(C(=O)[C@H]3CCCO3)C2)cc1. The predicted octanol–water partition coefficient (Wildman–Crippen LogP) is 2.62. The molecule has 0 unspecified atom stereocenters. The summed E-state index contributed by atoms with van der Waals surface area (Å²) in [5, 5.41) is 2.87. The van der Waals surface area contributed by atoms with Crippen LogP contribution in [0.2, 0.25) is 0 Å². The van der Waals surface area contributed by atoms with Crippen molar-refractivity contribution in [1.29, 1.82) is 0 Å². The summed E-state index contributed by atoms with van der Waals surface area (Å²) in [7, 11) is 0. The fourth-order valence-corrected chi connectivity index (χ4v) is 3.64. The molecule has 2 heterocycles. The Kier molecular flexibility index (Phi) is 6.72. The quantitative estimate of drug-likeness (QED) is 0.831. The van der Waals surface area contributed by atoms with Crippen LogP contribution in [0, 0.1) is 5.92 Å². The van der Waals surface area contributed by atoms with Gasteiger partial charge in [-0.1, -0.05) is 0 Å². The van der Waals surface area contributed by atoms with Crippen LogP contribution in [0.4, 0.5) is 0 Å². The van der Waals surface area contributed by atoms with Gasteiger partial charge in [0.15, 0.2) is 0 Å². The zero-order chi connectivity index (χ0) is 19.2. The summed E-state index contributed by atoms with van der Waals surface area (Å²) in [4.78, 5) is 26.4. The Morgan fingerprint density at radius 3 is 2.67 bits per heavy atom. The van der Waals surface area contributed by atoms with Gasteiger partial charge in [0.25, 0.3) is 11.8 Å². The van der Waals surface area contributed by atoms with E-state index in [4.69, 9.17) is 9.47 Å². The van der Waals surface area contributed by atoms with Crippen molar-refractivity contribution in [2.45, 2.75) is 51.7 Å². The Bertz CT molecular complexity index is 638. The maximum atomic E-state index is 12.5. The monoisotopic (exact) mass is 374 g/mol. The van der Waals surface area contributed by atoms with E-state index in [2.05, 4.69) is 5.32 Å². The zero-order valence-electron chi connectivity index (χ0n) is 16.3. The molecule has 2 amide bonds. The number of rotatable bonds is 6. The standard InChI is InChI=1S/C21H30N2O4/c1-15(2)22-20(24)17-7-9-18(10-8-17)27-14-16-5-3-11-23(13-16)21(25)19-6-4-12-26-19/h7-10,15-16,19H,3-6,11-14H2,1-2H3,(H,22,24)/t16-,19+/m0/s1. The van der Waals surface area contributed by atoms with Gasteiger partial charge in [-0.2, -0.15) is 0 Å². The first-order chi connectivity index (χ1) is 13.0. The average molecular weight is 374 g/mol. The molecular formula is C21H30N2O4. The van der Waals surface area contributed by atoms with Crippen molar-refractivity contribution in [3.63, 3.8) is 0 Å². The van der Waals surface area contributed by atoms with Crippen molar-refractivity contribution in [2.75, 3.05) is 26.3 Å². The number of piperidine rings is 1. The number of benzene rings is 1. The number of carbonyl (C=O) groups excluding carboxylic acids is 2. The summed E-state index contributed by atoms with van der Waals surface area (Å²) in [6.07, 6.45) is 3.63. The second kappa shape index (κ2) is 9.22. The first-order valence-electron chi connectivity index (χ1n) is 9.97. The van der Waals surface area contributed by atoms with E-state index in [1.165, 1.54) is 0 Å². The molecule has 6 nitrogen and oxygen atoms in total. The molecule has 3 rings (SSSR count). The number of ether oxygens (including phenoxy) is 2. The molecular weight excluding hydrogens is 344 g/mol. The van der Waals surface area contributed by atoms with E-state index >= 15 is 0 Å². The van der Waals surface area contributed by atoms with E-state index in [-0.39, 0.29) is 24.0 Å². The maximum Gasteiger partial charge on any atom is 0.251 e. The van der Waals surface area contributed by atoms with Crippen LogP contribution in [0.3, 0.4) is 0 Å². The summed E-state index contributed by atoms with van der Waals surface area (Å²) < 4.78 is 11.4. The van der Waals surface area contributed by atoms with Crippen LogP contribution < -0.4 is 10.1 Å². The largest absolute Gasteiger partial charge is 0.493 e. The molecule has 2 aliphatic rings. The fraction of sp³-hybridized carbons (Fsp3) is 0.619. The first kappa shape index (κ1) is 19.7. The molecule has 0 aliphatic carbocycles. The van der Waals surface area contributed by atoms with Crippen LogP contribution in [-0.4, -0.2) is 55.2 Å².